The van der Waals surface area contributed by atoms with Crippen LogP contribution in [0.3, 0.4) is 0 Å². The van der Waals surface area contributed by atoms with Gasteiger partial charge >= 0.3 is 6.18 Å². The molecular formula is C16H14F3N3OS. The van der Waals surface area contributed by atoms with Crippen LogP contribution in [0.15, 0.2) is 58.2 Å². The van der Waals surface area contributed by atoms with Crippen molar-refractivity contribution in [3.63, 3.8) is 0 Å². The number of anilines is 1. The van der Waals surface area contributed by atoms with E-state index in [0.717, 1.165) is 17.8 Å². The van der Waals surface area contributed by atoms with Gasteiger partial charge in [0, 0.05) is 17.0 Å². The summed E-state index contributed by atoms with van der Waals surface area (Å²) in [5.41, 5.74) is 6.85. The van der Waals surface area contributed by atoms with Gasteiger partial charge in [0.15, 0.2) is 0 Å². The van der Waals surface area contributed by atoms with Crippen LogP contribution in [-0.4, -0.2) is 28.4 Å². The number of fused-ring (bicyclic) bond motifs is 1. The van der Waals surface area contributed by atoms with Gasteiger partial charge in [-0.2, -0.15) is 13.2 Å². The average molecular weight is 353 g/mol. The number of alkyl halides is 3. The van der Waals surface area contributed by atoms with Gasteiger partial charge < -0.3 is 11.1 Å². The molecule has 0 bridgehead atoms. The summed E-state index contributed by atoms with van der Waals surface area (Å²) in [6.45, 7) is 1.55. The van der Waals surface area contributed by atoms with Crippen LogP contribution in [0.1, 0.15) is 6.92 Å². The van der Waals surface area contributed by atoms with E-state index in [1.54, 1.807) is 31.2 Å². The van der Waals surface area contributed by atoms with Crippen LogP contribution in [0.25, 0.3) is 0 Å². The number of hydrogen-bond donors (Lipinski definition) is 2. The average Bonchev–Trinajstić information content (AvgIpc) is 2.85. The van der Waals surface area contributed by atoms with Gasteiger partial charge in [-0.1, -0.05) is 18.2 Å². The standard InChI is InChI=1S/C16H14F3N3OS/c1-8-7-10(16(17,18)19)22-15-11(8)12(20)13(24-15)14(23)21-9-5-3-2-4-6-9/h2-7,13,15H,20H2,1H3,(H,21,23)/t13-,15-/m1/s1. The van der Waals surface area contributed by atoms with E-state index in [9.17, 15) is 18.0 Å². The summed E-state index contributed by atoms with van der Waals surface area (Å²) < 4.78 is 38.7. The molecule has 2 atom stereocenters. The summed E-state index contributed by atoms with van der Waals surface area (Å²) in [5.74, 6) is -0.373. The van der Waals surface area contributed by atoms with E-state index in [-0.39, 0.29) is 11.6 Å². The topological polar surface area (TPSA) is 67.5 Å². The van der Waals surface area contributed by atoms with Crippen LogP contribution in [-0.2, 0) is 4.79 Å². The lowest BCUT2D eigenvalue weighted by Crippen LogP contribution is -2.28. The summed E-state index contributed by atoms with van der Waals surface area (Å²) in [6, 6.07) is 8.79. The summed E-state index contributed by atoms with van der Waals surface area (Å²) in [5, 5.41) is 1.14. The molecule has 0 aromatic heterocycles. The fourth-order valence-corrected chi connectivity index (χ4v) is 3.95. The summed E-state index contributed by atoms with van der Waals surface area (Å²) >= 11 is 1.01. The zero-order valence-electron chi connectivity index (χ0n) is 12.6. The van der Waals surface area contributed by atoms with E-state index in [4.69, 9.17) is 5.73 Å². The number of rotatable bonds is 2. The molecule has 0 aliphatic carbocycles. The monoisotopic (exact) mass is 353 g/mol. The van der Waals surface area contributed by atoms with Gasteiger partial charge in [-0.3, -0.25) is 9.79 Å². The number of para-hydroxylation sites is 1. The van der Waals surface area contributed by atoms with Crippen molar-refractivity contribution in [1.82, 2.24) is 0 Å². The molecule has 0 saturated heterocycles. The highest BCUT2D eigenvalue weighted by atomic mass is 32.2. The minimum Gasteiger partial charge on any atom is -0.400 e. The number of carbonyl (C=O) groups is 1. The molecule has 126 valence electrons. The molecule has 1 amide bonds. The zero-order valence-corrected chi connectivity index (χ0v) is 13.4. The number of nitrogens with one attached hydrogen (secondary N) is 1. The van der Waals surface area contributed by atoms with Gasteiger partial charge in [-0.25, -0.2) is 0 Å². The van der Waals surface area contributed by atoms with Gasteiger partial charge in [0.2, 0.25) is 5.91 Å². The van der Waals surface area contributed by atoms with E-state index in [2.05, 4.69) is 10.3 Å². The Balaban J connectivity index is 1.85. The number of thioether (sulfide) groups is 1. The molecule has 0 radical (unpaired) electrons. The van der Waals surface area contributed by atoms with Crippen molar-refractivity contribution in [2.24, 2.45) is 10.7 Å². The lowest BCUT2D eigenvalue weighted by Gasteiger charge is -2.19. The highest BCUT2D eigenvalue weighted by Gasteiger charge is 2.43. The highest BCUT2D eigenvalue weighted by Crippen LogP contribution is 2.44. The third kappa shape index (κ3) is 3.06. The molecular weight excluding hydrogens is 339 g/mol. The van der Waals surface area contributed by atoms with Crippen molar-refractivity contribution in [1.29, 1.82) is 0 Å². The first-order valence-electron chi connectivity index (χ1n) is 7.12. The zero-order chi connectivity index (χ0) is 17.5. The Kier molecular flexibility index (Phi) is 4.16. The Morgan fingerprint density at radius 2 is 1.96 bits per heavy atom. The van der Waals surface area contributed by atoms with Crippen LogP contribution < -0.4 is 11.1 Å². The second-order valence-electron chi connectivity index (χ2n) is 5.43. The Labute approximate surface area is 140 Å². The van der Waals surface area contributed by atoms with Crippen molar-refractivity contribution in [3.05, 3.63) is 53.3 Å². The van der Waals surface area contributed by atoms with Crippen LogP contribution in [0.5, 0.6) is 0 Å². The lowest BCUT2D eigenvalue weighted by atomic mass is 9.99. The molecule has 0 saturated carbocycles. The number of dihydropyridines is 1. The third-order valence-electron chi connectivity index (χ3n) is 3.71. The Hall–Kier alpha value is -2.22. The van der Waals surface area contributed by atoms with Crippen LogP contribution in [0.4, 0.5) is 18.9 Å². The van der Waals surface area contributed by atoms with Gasteiger partial charge in [0.05, 0.1) is 0 Å². The van der Waals surface area contributed by atoms with Crippen LogP contribution >= 0.6 is 11.8 Å². The Morgan fingerprint density at radius 3 is 2.58 bits per heavy atom. The van der Waals surface area contributed by atoms with Crippen molar-refractivity contribution in [2.75, 3.05) is 5.32 Å². The molecule has 2 heterocycles. The van der Waals surface area contributed by atoms with Gasteiger partial charge in [-0.15, -0.1) is 11.8 Å². The summed E-state index contributed by atoms with van der Waals surface area (Å²) in [4.78, 5) is 16.1. The van der Waals surface area contributed by atoms with E-state index in [0.29, 0.717) is 16.8 Å². The molecule has 0 fully saturated rings. The molecule has 1 aromatic carbocycles. The number of halogens is 3. The number of carbonyl (C=O) groups excluding carboxylic acids is 1. The fraction of sp³-hybridized carbons (Fsp3) is 0.250. The minimum absolute atomic E-state index is 0.261. The number of nitrogens with zero attached hydrogens (tertiary/aromatic N) is 1. The predicted octanol–water partition coefficient (Wildman–Crippen LogP) is 3.24. The summed E-state index contributed by atoms with van der Waals surface area (Å²) in [6.07, 6.45) is -3.55. The normalized spacial score (nSPS) is 23.5. The highest BCUT2D eigenvalue weighted by molar-refractivity contribution is 8.02. The number of allylic oxidation sites excluding steroid dienone is 1. The van der Waals surface area contributed by atoms with Crippen molar-refractivity contribution < 1.29 is 18.0 Å². The van der Waals surface area contributed by atoms with Crippen molar-refractivity contribution in [2.45, 2.75) is 23.7 Å². The first kappa shape index (κ1) is 16.6. The molecule has 4 nitrogen and oxygen atoms in total. The molecule has 24 heavy (non-hydrogen) atoms. The fourth-order valence-electron chi connectivity index (χ4n) is 2.61. The smallest absolute Gasteiger partial charge is 0.400 e. The maximum atomic E-state index is 12.9. The minimum atomic E-state index is -4.52. The molecule has 8 heteroatoms. The number of amides is 1. The van der Waals surface area contributed by atoms with E-state index >= 15 is 0 Å². The van der Waals surface area contributed by atoms with Crippen LogP contribution in [0, 0.1) is 0 Å². The van der Waals surface area contributed by atoms with Crippen LogP contribution in [0.2, 0.25) is 0 Å². The first-order chi connectivity index (χ1) is 11.3. The Bertz CT molecular complexity index is 769. The largest absolute Gasteiger partial charge is 0.432 e. The number of aliphatic imine (C=N–C) groups is 1. The molecule has 2 aliphatic heterocycles. The van der Waals surface area contributed by atoms with Crippen molar-refractivity contribution in [3.8, 4) is 0 Å². The number of benzene rings is 1. The third-order valence-corrected chi connectivity index (χ3v) is 5.05. The second-order valence-corrected chi connectivity index (χ2v) is 6.62. The van der Waals surface area contributed by atoms with E-state index in [1.165, 1.54) is 0 Å². The lowest BCUT2D eigenvalue weighted by molar-refractivity contribution is -0.115. The number of nitrogens with two attached hydrogens (primary N) is 1. The second kappa shape index (κ2) is 6.01. The maximum absolute atomic E-state index is 12.9. The molecule has 3 N–H and O–H groups in total. The van der Waals surface area contributed by atoms with Gasteiger partial charge in [0.25, 0.3) is 0 Å². The molecule has 3 rings (SSSR count). The van der Waals surface area contributed by atoms with Crippen molar-refractivity contribution >= 4 is 29.1 Å². The van der Waals surface area contributed by atoms with Gasteiger partial charge in [0.1, 0.15) is 16.3 Å². The quantitative estimate of drug-likeness (QED) is 0.858. The molecule has 0 spiro atoms. The molecule has 0 unspecified atom stereocenters. The Morgan fingerprint density at radius 1 is 1.29 bits per heavy atom. The molecule has 1 aromatic rings. The van der Waals surface area contributed by atoms with E-state index in [1.807, 2.05) is 6.07 Å². The van der Waals surface area contributed by atoms with Gasteiger partial charge in [-0.05, 0) is 30.7 Å². The predicted molar refractivity (Wildman–Crippen MR) is 88.7 cm³/mol. The maximum Gasteiger partial charge on any atom is 0.432 e. The van der Waals surface area contributed by atoms with E-state index < -0.39 is 22.5 Å². The first-order valence-corrected chi connectivity index (χ1v) is 8.06. The SMILES string of the molecule is CC1=CC(C(F)(F)F)=N[C@@H]2S[C@@H](C(=O)Nc3ccccc3)C(N)=C12. The summed E-state index contributed by atoms with van der Waals surface area (Å²) in [7, 11) is 0. The number of hydrogen-bond acceptors (Lipinski definition) is 4. The molecule has 2 aliphatic rings.